The third-order valence-electron chi connectivity index (χ3n) is 3.24. The van der Waals surface area contributed by atoms with E-state index in [2.05, 4.69) is 5.32 Å². The molecule has 1 amide bonds. The van der Waals surface area contributed by atoms with Gasteiger partial charge in [-0.05, 0) is 31.0 Å². The van der Waals surface area contributed by atoms with Crippen molar-refractivity contribution in [1.82, 2.24) is 5.32 Å². The Morgan fingerprint density at radius 1 is 1.42 bits per heavy atom. The van der Waals surface area contributed by atoms with Crippen molar-refractivity contribution in [3.63, 3.8) is 0 Å². The average Bonchev–Trinajstić information content (AvgIpc) is 2.74. The van der Waals surface area contributed by atoms with Crippen LogP contribution < -0.4 is 5.32 Å². The van der Waals surface area contributed by atoms with E-state index in [9.17, 15) is 14.0 Å². The number of carbonyl (C=O) groups is 2. The Hall–Kier alpha value is -1.91. The average molecular weight is 265 g/mol. The lowest BCUT2D eigenvalue weighted by Crippen LogP contribution is -2.30. The first kappa shape index (κ1) is 13.5. The van der Waals surface area contributed by atoms with E-state index in [-0.39, 0.29) is 24.2 Å². The highest BCUT2D eigenvalue weighted by atomic mass is 19.1. The summed E-state index contributed by atoms with van der Waals surface area (Å²) in [6.07, 6.45) is 0.544. The van der Waals surface area contributed by atoms with Gasteiger partial charge in [0, 0.05) is 12.5 Å². The molecule has 2 atom stereocenters. The van der Waals surface area contributed by atoms with Crippen molar-refractivity contribution in [3.05, 3.63) is 35.6 Å². The summed E-state index contributed by atoms with van der Waals surface area (Å²) >= 11 is 0. The summed E-state index contributed by atoms with van der Waals surface area (Å²) in [6, 6.07) is 6.08. The topological polar surface area (TPSA) is 55.4 Å². The SMILES string of the molecule is CCOC(=O)C1C(=O)NCC1Cc1ccc(F)cc1. The molecule has 19 heavy (non-hydrogen) atoms. The van der Waals surface area contributed by atoms with Crippen molar-refractivity contribution >= 4 is 11.9 Å². The summed E-state index contributed by atoms with van der Waals surface area (Å²) in [6.45, 7) is 2.41. The van der Waals surface area contributed by atoms with Gasteiger partial charge in [-0.1, -0.05) is 12.1 Å². The fourth-order valence-electron chi connectivity index (χ4n) is 2.32. The van der Waals surface area contributed by atoms with Gasteiger partial charge in [0.05, 0.1) is 6.61 Å². The zero-order valence-corrected chi connectivity index (χ0v) is 10.7. The number of benzene rings is 1. The normalized spacial score (nSPS) is 22.1. The van der Waals surface area contributed by atoms with Crippen molar-refractivity contribution in [3.8, 4) is 0 Å². The van der Waals surface area contributed by atoms with E-state index in [1.807, 2.05) is 0 Å². The lowest BCUT2D eigenvalue weighted by atomic mass is 9.89. The maximum Gasteiger partial charge on any atom is 0.318 e. The molecule has 5 heteroatoms. The van der Waals surface area contributed by atoms with Crippen molar-refractivity contribution in [1.29, 1.82) is 0 Å². The Bertz CT molecular complexity index is 472. The summed E-state index contributed by atoms with van der Waals surface area (Å²) in [5.41, 5.74) is 0.900. The molecule has 0 radical (unpaired) electrons. The molecule has 1 aromatic rings. The Morgan fingerprint density at radius 3 is 2.74 bits per heavy atom. The van der Waals surface area contributed by atoms with Crippen LogP contribution in [0.1, 0.15) is 12.5 Å². The van der Waals surface area contributed by atoms with E-state index in [1.165, 1.54) is 12.1 Å². The molecule has 2 rings (SSSR count). The molecular weight excluding hydrogens is 249 g/mol. The molecule has 2 unspecified atom stereocenters. The molecule has 0 spiro atoms. The molecule has 0 aromatic heterocycles. The van der Waals surface area contributed by atoms with Gasteiger partial charge in [-0.3, -0.25) is 9.59 Å². The molecule has 1 saturated heterocycles. The van der Waals surface area contributed by atoms with Crippen LogP contribution in [0.15, 0.2) is 24.3 Å². The molecule has 0 aliphatic carbocycles. The zero-order valence-electron chi connectivity index (χ0n) is 10.7. The molecular formula is C14H16FNO3. The Morgan fingerprint density at radius 2 is 2.11 bits per heavy atom. The second kappa shape index (κ2) is 5.82. The molecule has 1 aliphatic heterocycles. The molecule has 0 saturated carbocycles. The molecule has 1 aliphatic rings. The lowest BCUT2D eigenvalue weighted by Gasteiger charge is -2.15. The smallest absolute Gasteiger partial charge is 0.318 e. The van der Waals surface area contributed by atoms with Gasteiger partial charge in [0.25, 0.3) is 0 Å². The highest BCUT2D eigenvalue weighted by Gasteiger charge is 2.41. The van der Waals surface area contributed by atoms with Crippen LogP contribution in [0.4, 0.5) is 4.39 Å². The minimum Gasteiger partial charge on any atom is -0.465 e. The summed E-state index contributed by atoms with van der Waals surface area (Å²) in [4.78, 5) is 23.4. The van der Waals surface area contributed by atoms with E-state index in [0.29, 0.717) is 13.0 Å². The maximum absolute atomic E-state index is 12.8. The van der Waals surface area contributed by atoms with Gasteiger partial charge in [0.1, 0.15) is 11.7 Å². The summed E-state index contributed by atoms with van der Waals surface area (Å²) in [7, 11) is 0. The van der Waals surface area contributed by atoms with Crippen LogP contribution >= 0.6 is 0 Å². The van der Waals surface area contributed by atoms with Crippen LogP contribution in [-0.2, 0) is 20.7 Å². The van der Waals surface area contributed by atoms with Crippen LogP contribution in [0.5, 0.6) is 0 Å². The lowest BCUT2D eigenvalue weighted by molar-refractivity contribution is -0.152. The molecule has 1 N–H and O–H groups in total. The quantitative estimate of drug-likeness (QED) is 0.659. The van der Waals surface area contributed by atoms with E-state index in [1.54, 1.807) is 19.1 Å². The summed E-state index contributed by atoms with van der Waals surface area (Å²) < 4.78 is 17.8. The van der Waals surface area contributed by atoms with Crippen LogP contribution in [0, 0.1) is 17.7 Å². The predicted octanol–water partition coefficient (Wildman–Crippen LogP) is 1.29. The molecule has 1 aromatic carbocycles. The molecule has 102 valence electrons. The van der Waals surface area contributed by atoms with Crippen LogP contribution in [0.2, 0.25) is 0 Å². The minimum absolute atomic E-state index is 0.142. The number of esters is 1. The zero-order chi connectivity index (χ0) is 13.8. The van der Waals surface area contributed by atoms with Crippen molar-refractivity contribution in [2.75, 3.05) is 13.2 Å². The van der Waals surface area contributed by atoms with Gasteiger partial charge >= 0.3 is 5.97 Å². The number of nitrogens with one attached hydrogen (secondary N) is 1. The largest absolute Gasteiger partial charge is 0.465 e. The summed E-state index contributed by atoms with van der Waals surface area (Å²) in [5, 5.41) is 2.68. The Kier molecular flexibility index (Phi) is 4.14. The van der Waals surface area contributed by atoms with E-state index < -0.39 is 11.9 Å². The van der Waals surface area contributed by atoms with Gasteiger partial charge < -0.3 is 10.1 Å². The van der Waals surface area contributed by atoms with Crippen molar-refractivity contribution < 1.29 is 18.7 Å². The van der Waals surface area contributed by atoms with E-state index in [4.69, 9.17) is 4.74 Å². The first-order valence-electron chi connectivity index (χ1n) is 6.30. The number of amides is 1. The third-order valence-corrected chi connectivity index (χ3v) is 3.24. The second-order valence-corrected chi connectivity index (χ2v) is 4.57. The molecule has 4 nitrogen and oxygen atoms in total. The minimum atomic E-state index is -0.759. The van der Waals surface area contributed by atoms with E-state index >= 15 is 0 Å². The van der Waals surface area contributed by atoms with E-state index in [0.717, 1.165) is 5.56 Å². The third kappa shape index (κ3) is 3.10. The number of rotatable bonds is 4. The standard InChI is InChI=1S/C14H16FNO3/c1-2-19-14(18)12-10(8-16-13(12)17)7-9-3-5-11(15)6-4-9/h3-6,10,12H,2,7-8H2,1H3,(H,16,17). The first-order chi connectivity index (χ1) is 9.11. The molecule has 1 heterocycles. The maximum atomic E-state index is 12.8. The van der Waals surface area contributed by atoms with Gasteiger partial charge in [-0.15, -0.1) is 0 Å². The van der Waals surface area contributed by atoms with Gasteiger partial charge in [-0.25, -0.2) is 4.39 Å². The highest BCUT2D eigenvalue weighted by molar-refractivity contribution is 5.99. The number of halogens is 1. The van der Waals surface area contributed by atoms with Crippen LogP contribution in [-0.4, -0.2) is 25.0 Å². The predicted molar refractivity (Wildman–Crippen MR) is 66.7 cm³/mol. The Labute approximate surface area is 110 Å². The second-order valence-electron chi connectivity index (χ2n) is 4.57. The fourth-order valence-corrected chi connectivity index (χ4v) is 2.32. The number of carbonyl (C=O) groups excluding carboxylic acids is 2. The van der Waals surface area contributed by atoms with Gasteiger partial charge in [-0.2, -0.15) is 0 Å². The number of ether oxygens (including phenoxy) is 1. The molecule has 1 fully saturated rings. The highest BCUT2D eigenvalue weighted by Crippen LogP contribution is 2.24. The van der Waals surface area contributed by atoms with Crippen LogP contribution in [0.25, 0.3) is 0 Å². The molecule has 0 bridgehead atoms. The monoisotopic (exact) mass is 265 g/mol. The van der Waals surface area contributed by atoms with Crippen molar-refractivity contribution in [2.45, 2.75) is 13.3 Å². The van der Waals surface area contributed by atoms with Crippen molar-refractivity contribution in [2.24, 2.45) is 11.8 Å². The number of hydrogen-bond acceptors (Lipinski definition) is 3. The Balaban J connectivity index is 2.08. The van der Waals surface area contributed by atoms with Crippen LogP contribution in [0.3, 0.4) is 0 Å². The van der Waals surface area contributed by atoms with Gasteiger partial charge in [0.15, 0.2) is 0 Å². The summed E-state index contributed by atoms with van der Waals surface area (Å²) in [5.74, 6) is -1.97. The number of hydrogen-bond donors (Lipinski definition) is 1. The van der Waals surface area contributed by atoms with Gasteiger partial charge in [0.2, 0.25) is 5.91 Å². The fraction of sp³-hybridized carbons (Fsp3) is 0.429. The first-order valence-corrected chi connectivity index (χ1v) is 6.30.